The van der Waals surface area contributed by atoms with E-state index in [1.807, 2.05) is 44.2 Å². The summed E-state index contributed by atoms with van der Waals surface area (Å²) in [7, 11) is 0. The maximum atomic E-state index is 12.2. The summed E-state index contributed by atoms with van der Waals surface area (Å²) in [4.78, 5) is 23.0. The number of carboxylic acid groups (broad SMARTS) is 1. The van der Waals surface area contributed by atoms with Crippen molar-refractivity contribution in [1.82, 2.24) is 0 Å². The molecule has 0 radical (unpaired) electrons. The summed E-state index contributed by atoms with van der Waals surface area (Å²) in [6.07, 6.45) is 2.93. The number of esters is 1. The number of carboxylic acids is 1. The third-order valence-electron chi connectivity index (χ3n) is 3.44. The van der Waals surface area contributed by atoms with E-state index in [9.17, 15) is 9.59 Å². The monoisotopic (exact) mass is 274 g/mol. The van der Waals surface area contributed by atoms with E-state index in [-0.39, 0.29) is 18.3 Å². The normalized spacial score (nSPS) is 17.9. The van der Waals surface area contributed by atoms with Crippen molar-refractivity contribution in [2.45, 2.75) is 32.3 Å². The molecule has 2 rings (SSSR count). The van der Waals surface area contributed by atoms with Gasteiger partial charge in [0, 0.05) is 0 Å². The van der Waals surface area contributed by atoms with Crippen LogP contribution >= 0.6 is 0 Å². The summed E-state index contributed by atoms with van der Waals surface area (Å²) in [5, 5.41) is 8.86. The molecule has 0 fully saturated rings. The van der Waals surface area contributed by atoms with Crippen LogP contribution in [0.1, 0.15) is 37.3 Å². The van der Waals surface area contributed by atoms with Gasteiger partial charge in [-0.2, -0.15) is 0 Å². The first-order valence-electron chi connectivity index (χ1n) is 6.68. The minimum absolute atomic E-state index is 0.0318. The molecular weight excluding hydrogens is 256 g/mol. The third kappa shape index (κ3) is 3.07. The van der Waals surface area contributed by atoms with Gasteiger partial charge in [0.05, 0.1) is 6.42 Å². The molecule has 0 amide bonds. The molecule has 0 bridgehead atoms. The van der Waals surface area contributed by atoms with Gasteiger partial charge >= 0.3 is 11.9 Å². The van der Waals surface area contributed by atoms with Gasteiger partial charge in [0.2, 0.25) is 0 Å². The second-order valence-corrected chi connectivity index (χ2v) is 5.28. The minimum atomic E-state index is -0.959. The van der Waals surface area contributed by atoms with Gasteiger partial charge in [-0.25, -0.2) is 0 Å². The van der Waals surface area contributed by atoms with E-state index in [0.717, 1.165) is 11.1 Å². The smallest absolute Gasteiger partial charge is 0.317 e. The number of hydrogen-bond acceptors (Lipinski definition) is 3. The quantitative estimate of drug-likeness (QED) is 0.839. The van der Waals surface area contributed by atoms with Crippen LogP contribution in [0.15, 0.2) is 30.3 Å². The van der Waals surface area contributed by atoms with Gasteiger partial charge in [0.25, 0.3) is 0 Å². The molecule has 2 atom stereocenters. The lowest BCUT2D eigenvalue weighted by Gasteiger charge is -2.21. The zero-order chi connectivity index (χ0) is 14.7. The highest BCUT2D eigenvalue weighted by Crippen LogP contribution is 2.31. The molecule has 0 saturated heterocycles. The van der Waals surface area contributed by atoms with Gasteiger partial charge in [-0.15, -0.1) is 0 Å². The van der Waals surface area contributed by atoms with E-state index < -0.39 is 18.0 Å². The average molecular weight is 274 g/mol. The largest absolute Gasteiger partial charge is 0.481 e. The molecule has 1 aromatic rings. The van der Waals surface area contributed by atoms with Crippen LogP contribution in [-0.2, 0) is 14.3 Å². The Balaban J connectivity index is 2.09. The Kier molecular flexibility index (Phi) is 4.23. The lowest BCUT2D eigenvalue weighted by Crippen LogP contribution is -2.28. The van der Waals surface area contributed by atoms with Gasteiger partial charge in [-0.1, -0.05) is 50.3 Å². The highest BCUT2D eigenvalue weighted by atomic mass is 16.5. The van der Waals surface area contributed by atoms with Crippen molar-refractivity contribution in [3.63, 3.8) is 0 Å². The lowest BCUT2D eigenvalue weighted by atomic mass is 10.00. The fourth-order valence-electron chi connectivity index (χ4n) is 2.26. The van der Waals surface area contributed by atoms with Gasteiger partial charge < -0.3 is 9.84 Å². The molecule has 1 aliphatic carbocycles. The molecule has 0 aromatic heterocycles. The second-order valence-electron chi connectivity index (χ2n) is 5.28. The van der Waals surface area contributed by atoms with Crippen LogP contribution in [0.25, 0.3) is 6.08 Å². The first-order chi connectivity index (χ1) is 9.49. The van der Waals surface area contributed by atoms with Crippen LogP contribution in [0, 0.1) is 5.92 Å². The Hall–Kier alpha value is -2.10. The van der Waals surface area contributed by atoms with Crippen molar-refractivity contribution in [3.05, 3.63) is 41.5 Å². The van der Waals surface area contributed by atoms with Crippen LogP contribution in [-0.4, -0.2) is 23.1 Å². The summed E-state index contributed by atoms with van der Waals surface area (Å²) in [6.45, 7) is 3.69. The highest BCUT2D eigenvalue weighted by molar-refractivity contribution is 5.86. The molecule has 0 saturated carbocycles. The second kappa shape index (κ2) is 5.90. The number of aliphatic carboxylic acids is 1. The zero-order valence-corrected chi connectivity index (χ0v) is 11.6. The number of benzene rings is 1. The molecule has 0 aliphatic heterocycles. The first-order valence-corrected chi connectivity index (χ1v) is 6.68. The highest BCUT2D eigenvalue weighted by Gasteiger charge is 2.29. The minimum Gasteiger partial charge on any atom is -0.481 e. The Morgan fingerprint density at radius 1 is 1.30 bits per heavy atom. The Labute approximate surface area is 118 Å². The molecule has 0 spiro atoms. The molecule has 4 heteroatoms. The zero-order valence-electron chi connectivity index (χ0n) is 11.6. The lowest BCUT2D eigenvalue weighted by molar-refractivity contribution is -0.155. The summed E-state index contributed by atoms with van der Waals surface area (Å²) in [5.74, 6) is -1.80. The molecule has 4 nitrogen and oxygen atoms in total. The Morgan fingerprint density at radius 2 is 2.00 bits per heavy atom. The van der Waals surface area contributed by atoms with Gasteiger partial charge in [-0.3, -0.25) is 9.59 Å². The van der Waals surface area contributed by atoms with E-state index in [1.165, 1.54) is 0 Å². The maximum absolute atomic E-state index is 12.2. The Morgan fingerprint density at radius 3 is 2.65 bits per heavy atom. The van der Waals surface area contributed by atoms with Crippen molar-refractivity contribution in [3.8, 4) is 0 Å². The van der Waals surface area contributed by atoms with E-state index in [4.69, 9.17) is 9.84 Å². The molecule has 1 aliphatic rings. The topological polar surface area (TPSA) is 63.6 Å². The molecule has 0 heterocycles. The average Bonchev–Trinajstić information content (AvgIpc) is 2.81. The van der Waals surface area contributed by atoms with E-state index in [0.29, 0.717) is 0 Å². The summed E-state index contributed by atoms with van der Waals surface area (Å²) < 4.78 is 5.39. The van der Waals surface area contributed by atoms with E-state index >= 15 is 0 Å². The third-order valence-corrected chi connectivity index (χ3v) is 3.44. The van der Waals surface area contributed by atoms with Crippen molar-refractivity contribution in [2.75, 3.05) is 0 Å². The Bertz CT molecular complexity index is 545. The number of hydrogen-bond donors (Lipinski definition) is 1. The molecular formula is C16H18O4. The summed E-state index contributed by atoms with van der Waals surface area (Å²) in [5.41, 5.74) is 1.92. The van der Waals surface area contributed by atoms with Crippen molar-refractivity contribution >= 4 is 18.0 Å². The SMILES string of the molecule is CC(C)C(CC(=O)O)OC(=O)C1C=Cc2ccccc21. The standard InChI is InChI=1S/C16H18O4/c1-10(2)14(9-15(17)18)20-16(19)13-8-7-11-5-3-4-6-12(11)13/h3-8,10,13-14H,9H2,1-2H3,(H,17,18). The fraction of sp³-hybridized carbons (Fsp3) is 0.375. The maximum Gasteiger partial charge on any atom is 0.317 e. The van der Waals surface area contributed by atoms with Gasteiger partial charge in [-0.05, 0) is 17.0 Å². The molecule has 1 aromatic carbocycles. The van der Waals surface area contributed by atoms with Crippen LogP contribution in [0.4, 0.5) is 0 Å². The van der Waals surface area contributed by atoms with Crippen molar-refractivity contribution in [2.24, 2.45) is 5.92 Å². The van der Waals surface area contributed by atoms with Crippen molar-refractivity contribution < 1.29 is 19.4 Å². The van der Waals surface area contributed by atoms with E-state index in [2.05, 4.69) is 0 Å². The molecule has 1 N–H and O–H groups in total. The predicted octanol–water partition coefficient (Wildman–Crippen LogP) is 2.84. The fourth-order valence-corrected chi connectivity index (χ4v) is 2.26. The molecule has 20 heavy (non-hydrogen) atoms. The molecule has 106 valence electrons. The van der Waals surface area contributed by atoms with Crippen LogP contribution < -0.4 is 0 Å². The number of ether oxygens (including phenoxy) is 1. The predicted molar refractivity (Wildman–Crippen MR) is 75.2 cm³/mol. The van der Waals surface area contributed by atoms with Gasteiger partial charge in [0.15, 0.2) is 0 Å². The number of carbonyl (C=O) groups is 2. The van der Waals surface area contributed by atoms with Crippen LogP contribution in [0.2, 0.25) is 0 Å². The number of carbonyl (C=O) groups excluding carboxylic acids is 1. The first kappa shape index (κ1) is 14.3. The van der Waals surface area contributed by atoms with Gasteiger partial charge in [0.1, 0.15) is 12.0 Å². The van der Waals surface area contributed by atoms with Crippen LogP contribution in [0.5, 0.6) is 0 Å². The van der Waals surface area contributed by atoms with Crippen molar-refractivity contribution in [1.29, 1.82) is 0 Å². The number of rotatable bonds is 5. The summed E-state index contributed by atoms with van der Waals surface area (Å²) >= 11 is 0. The van der Waals surface area contributed by atoms with Crippen LogP contribution in [0.3, 0.4) is 0 Å². The van der Waals surface area contributed by atoms with E-state index in [1.54, 1.807) is 6.08 Å². The summed E-state index contributed by atoms with van der Waals surface area (Å²) in [6, 6.07) is 7.63. The number of fused-ring (bicyclic) bond motifs is 1. The molecule has 2 unspecified atom stereocenters.